The van der Waals surface area contributed by atoms with Crippen LogP contribution >= 0.6 is 0 Å². The first kappa shape index (κ1) is 19.9. The van der Waals surface area contributed by atoms with Crippen LogP contribution in [-0.4, -0.2) is 42.1 Å². The molecule has 1 aromatic carbocycles. The van der Waals surface area contributed by atoms with Crippen molar-refractivity contribution in [2.75, 3.05) is 7.11 Å². The van der Waals surface area contributed by atoms with Gasteiger partial charge in [-0.05, 0) is 32.9 Å². The van der Waals surface area contributed by atoms with Gasteiger partial charge in [0.15, 0.2) is 11.9 Å². The largest absolute Gasteiger partial charge is 0.474 e. The van der Waals surface area contributed by atoms with E-state index in [1.165, 1.54) is 19.1 Å². The van der Waals surface area contributed by atoms with Crippen molar-refractivity contribution in [2.24, 2.45) is 0 Å². The van der Waals surface area contributed by atoms with Gasteiger partial charge in [0.2, 0.25) is 0 Å². The number of esters is 1. The third kappa shape index (κ3) is 5.75. The number of hydrogen-bond donors (Lipinski definition) is 2. The number of amides is 3. The first-order valence-corrected chi connectivity index (χ1v) is 7.30. The molecular weight excluding hydrogens is 334 g/mol. The summed E-state index contributed by atoms with van der Waals surface area (Å²) in [5.74, 6) is -1.74. The van der Waals surface area contributed by atoms with E-state index >= 15 is 0 Å². The molecule has 0 radical (unpaired) electrons. The Hall–Kier alpha value is -3.17. The van der Waals surface area contributed by atoms with E-state index in [0.29, 0.717) is 0 Å². The zero-order valence-corrected chi connectivity index (χ0v) is 14.2. The van der Waals surface area contributed by atoms with Crippen LogP contribution in [-0.2, 0) is 9.53 Å². The minimum absolute atomic E-state index is 0.0324. The van der Waals surface area contributed by atoms with Crippen LogP contribution < -0.4 is 15.4 Å². The molecule has 2 N–H and O–H groups in total. The summed E-state index contributed by atoms with van der Waals surface area (Å²) >= 11 is 0. The SMILES string of the molecule is COC(=O)c1ccc(O[C@H](C)C(=O)NC(=O)NC(C)C)c([N+](=O)[O-])c1. The van der Waals surface area contributed by atoms with Gasteiger partial charge in [0.05, 0.1) is 17.6 Å². The van der Waals surface area contributed by atoms with Gasteiger partial charge in [-0.2, -0.15) is 0 Å². The van der Waals surface area contributed by atoms with Crippen molar-refractivity contribution >= 4 is 23.6 Å². The first-order chi connectivity index (χ1) is 11.6. The average molecular weight is 353 g/mol. The molecule has 0 spiro atoms. The summed E-state index contributed by atoms with van der Waals surface area (Å²) in [5.41, 5.74) is -0.538. The molecule has 10 heteroatoms. The monoisotopic (exact) mass is 353 g/mol. The fraction of sp³-hybridized carbons (Fsp3) is 0.400. The number of ether oxygens (including phenoxy) is 2. The molecule has 0 aliphatic heterocycles. The number of nitrogens with one attached hydrogen (secondary N) is 2. The highest BCUT2D eigenvalue weighted by atomic mass is 16.6. The Balaban J connectivity index is 2.90. The Labute approximate surface area is 143 Å². The van der Waals surface area contributed by atoms with Gasteiger partial charge >= 0.3 is 17.7 Å². The normalized spacial score (nSPS) is 11.4. The van der Waals surface area contributed by atoms with Crippen LogP contribution in [0.2, 0.25) is 0 Å². The molecule has 10 nitrogen and oxygen atoms in total. The van der Waals surface area contributed by atoms with Crippen LogP contribution in [0.4, 0.5) is 10.5 Å². The molecule has 1 atom stereocenters. The lowest BCUT2D eigenvalue weighted by Gasteiger charge is -2.15. The average Bonchev–Trinajstić information content (AvgIpc) is 2.53. The van der Waals surface area contributed by atoms with Crippen molar-refractivity contribution in [1.29, 1.82) is 0 Å². The molecule has 3 amide bonds. The second-order valence-electron chi connectivity index (χ2n) is 5.31. The Morgan fingerprint density at radius 1 is 1.20 bits per heavy atom. The highest BCUT2D eigenvalue weighted by molar-refractivity contribution is 5.96. The molecule has 0 aliphatic rings. The lowest BCUT2D eigenvalue weighted by molar-refractivity contribution is -0.386. The zero-order chi connectivity index (χ0) is 19.1. The quantitative estimate of drug-likeness (QED) is 0.448. The number of rotatable bonds is 6. The fourth-order valence-electron chi connectivity index (χ4n) is 1.76. The van der Waals surface area contributed by atoms with Gasteiger partial charge in [0, 0.05) is 12.1 Å². The van der Waals surface area contributed by atoms with Gasteiger partial charge in [0.25, 0.3) is 5.91 Å². The van der Waals surface area contributed by atoms with Gasteiger partial charge < -0.3 is 14.8 Å². The van der Waals surface area contributed by atoms with Crippen LogP contribution in [0.5, 0.6) is 5.75 Å². The zero-order valence-electron chi connectivity index (χ0n) is 14.2. The lowest BCUT2D eigenvalue weighted by Crippen LogP contribution is -2.47. The maximum Gasteiger partial charge on any atom is 0.338 e. The van der Waals surface area contributed by atoms with E-state index in [4.69, 9.17) is 4.74 Å². The summed E-state index contributed by atoms with van der Waals surface area (Å²) in [7, 11) is 1.15. The first-order valence-electron chi connectivity index (χ1n) is 7.30. The number of carbonyl (C=O) groups excluding carboxylic acids is 3. The van der Waals surface area contributed by atoms with Crippen LogP contribution in [0.1, 0.15) is 31.1 Å². The maximum atomic E-state index is 11.9. The molecular formula is C15H19N3O7. The van der Waals surface area contributed by atoms with E-state index in [9.17, 15) is 24.5 Å². The van der Waals surface area contributed by atoms with Crippen molar-refractivity contribution in [3.8, 4) is 5.75 Å². The van der Waals surface area contributed by atoms with Gasteiger partial charge in [-0.1, -0.05) is 0 Å². The van der Waals surface area contributed by atoms with E-state index < -0.39 is 34.6 Å². The third-order valence-electron chi connectivity index (χ3n) is 2.91. The highest BCUT2D eigenvalue weighted by Gasteiger charge is 2.24. The Kier molecular flexibility index (Phi) is 6.85. The predicted octanol–water partition coefficient (Wildman–Crippen LogP) is 1.38. The molecule has 0 aromatic heterocycles. The molecule has 0 aliphatic carbocycles. The summed E-state index contributed by atoms with van der Waals surface area (Å²) in [4.78, 5) is 45.2. The summed E-state index contributed by atoms with van der Waals surface area (Å²) in [6, 6.07) is 2.56. The molecule has 0 heterocycles. The van der Waals surface area contributed by atoms with Crippen molar-refractivity contribution < 1.29 is 28.8 Å². The topological polar surface area (TPSA) is 137 Å². The summed E-state index contributed by atoms with van der Waals surface area (Å²) in [5, 5.41) is 15.7. The van der Waals surface area contributed by atoms with E-state index in [-0.39, 0.29) is 17.4 Å². The number of methoxy groups -OCH3 is 1. The van der Waals surface area contributed by atoms with Crippen molar-refractivity contribution in [3.63, 3.8) is 0 Å². The van der Waals surface area contributed by atoms with Crippen LogP contribution in [0, 0.1) is 10.1 Å². The number of benzene rings is 1. The van der Waals surface area contributed by atoms with E-state index in [1.807, 2.05) is 0 Å². The van der Waals surface area contributed by atoms with Crippen LogP contribution in [0.3, 0.4) is 0 Å². The Bertz CT molecular complexity index is 688. The number of imide groups is 1. The van der Waals surface area contributed by atoms with Crippen molar-refractivity contribution in [2.45, 2.75) is 32.9 Å². The smallest absolute Gasteiger partial charge is 0.338 e. The van der Waals surface area contributed by atoms with Crippen LogP contribution in [0.25, 0.3) is 0 Å². The second-order valence-corrected chi connectivity index (χ2v) is 5.31. The molecule has 0 fully saturated rings. The third-order valence-corrected chi connectivity index (χ3v) is 2.91. The van der Waals surface area contributed by atoms with Gasteiger partial charge in [0.1, 0.15) is 0 Å². The molecule has 136 valence electrons. The molecule has 1 aromatic rings. The number of nitrogens with zero attached hydrogens (tertiary/aromatic N) is 1. The maximum absolute atomic E-state index is 11.9. The summed E-state index contributed by atoms with van der Waals surface area (Å²) in [6.45, 7) is 4.77. The van der Waals surface area contributed by atoms with Crippen LogP contribution in [0.15, 0.2) is 18.2 Å². The number of nitro groups is 1. The Morgan fingerprint density at radius 2 is 1.84 bits per heavy atom. The van der Waals surface area contributed by atoms with Gasteiger partial charge in [-0.15, -0.1) is 0 Å². The summed E-state index contributed by atoms with van der Waals surface area (Å²) in [6.07, 6.45) is -1.18. The minimum Gasteiger partial charge on any atom is -0.474 e. The molecule has 0 saturated heterocycles. The van der Waals surface area contributed by atoms with E-state index in [2.05, 4.69) is 15.4 Å². The van der Waals surface area contributed by atoms with Gasteiger partial charge in [-0.25, -0.2) is 9.59 Å². The second kappa shape index (κ2) is 8.62. The van der Waals surface area contributed by atoms with E-state index in [0.717, 1.165) is 13.2 Å². The number of hydrogen-bond acceptors (Lipinski definition) is 7. The molecule has 25 heavy (non-hydrogen) atoms. The van der Waals surface area contributed by atoms with Crippen molar-refractivity contribution in [1.82, 2.24) is 10.6 Å². The lowest BCUT2D eigenvalue weighted by atomic mass is 10.2. The molecule has 1 rings (SSSR count). The Morgan fingerprint density at radius 3 is 2.36 bits per heavy atom. The van der Waals surface area contributed by atoms with Crippen molar-refractivity contribution in [3.05, 3.63) is 33.9 Å². The molecule has 0 bridgehead atoms. The fourth-order valence-corrected chi connectivity index (χ4v) is 1.76. The molecule has 0 saturated carbocycles. The van der Waals surface area contributed by atoms with Gasteiger partial charge in [-0.3, -0.25) is 20.2 Å². The molecule has 0 unspecified atom stereocenters. The number of urea groups is 1. The minimum atomic E-state index is -1.18. The number of nitro benzene ring substituents is 1. The standard InChI is InChI=1S/C15H19N3O7/c1-8(2)16-15(21)17-13(19)9(3)25-12-6-5-10(14(20)24-4)7-11(12)18(22)23/h5-9H,1-4H3,(H2,16,17,19,21)/t9-/m1/s1. The number of carbonyl (C=O) groups is 3. The summed E-state index contributed by atoms with van der Waals surface area (Å²) < 4.78 is 9.75. The highest BCUT2D eigenvalue weighted by Crippen LogP contribution is 2.29. The van der Waals surface area contributed by atoms with E-state index in [1.54, 1.807) is 13.8 Å². The predicted molar refractivity (Wildman–Crippen MR) is 86.3 cm³/mol.